The molecule has 0 N–H and O–H groups in total. The van der Waals surface area contributed by atoms with Gasteiger partial charge in [0.05, 0.1) is 0 Å². The van der Waals surface area contributed by atoms with Crippen LogP contribution in [0.3, 0.4) is 0 Å². The lowest BCUT2D eigenvalue weighted by molar-refractivity contribution is 0.0939. The third-order valence-corrected chi connectivity index (χ3v) is 2.11. The molecule has 0 heterocycles. The fourth-order valence-electron chi connectivity index (χ4n) is 0.0852. The van der Waals surface area contributed by atoms with E-state index in [0.29, 0.717) is 0 Å². The van der Waals surface area contributed by atoms with E-state index in [1.165, 1.54) is 0 Å². The molecule has 0 aliphatic rings. The summed E-state index contributed by atoms with van der Waals surface area (Å²) in [6.07, 6.45) is -3.06. The molecule has 0 aliphatic heterocycles. The summed E-state index contributed by atoms with van der Waals surface area (Å²) in [6, 6.07) is 0. The molecule has 1 unspecified atom stereocenters. The van der Waals surface area contributed by atoms with Crippen molar-refractivity contribution in [2.75, 3.05) is 0 Å². The molecule has 0 rings (SSSR count). The van der Waals surface area contributed by atoms with Gasteiger partial charge in [-0.3, -0.25) is 0 Å². The third kappa shape index (κ3) is 2.95. The highest BCUT2D eigenvalue weighted by Crippen LogP contribution is 2.54. The molecule has 0 aromatic rings. The van der Waals surface area contributed by atoms with Gasteiger partial charge in [0.1, 0.15) is 6.63 Å². The molecule has 0 saturated carbocycles. The fraction of sp³-hybridized carbons (Fsp3) is 1.00. The number of rotatable bonds is 2. The summed E-state index contributed by atoms with van der Waals surface area (Å²) in [5, 5.41) is 0. The van der Waals surface area contributed by atoms with Gasteiger partial charge in [0, 0.05) is 0 Å². The highest BCUT2D eigenvalue weighted by Gasteiger charge is 2.26. The molecule has 0 amide bonds. The Hall–Kier alpha value is 0.800. The van der Waals surface area contributed by atoms with Crippen molar-refractivity contribution < 1.29 is 13.2 Å². The molecule has 0 radical (unpaired) electrons. The van der Waals surface area contributed by atoms with Gasteiger partial charge in [0.15, 0.2) is 0 Å². The quantitative estimate of drug-likeness (QED) is 0.578. The van der Waals surface area contributed by atoms with Crippen molar-refractivity contribution in [3.63, 3.8) is 0 Å². The molecule has 0 bridgehead atoms. The summed E-state index contributed by atoms with van der Waals surface area (Å²) >= 11 is 9.60. The molecule has 0 aromatic carbocycles. The van der Waals surface area contributed by atoms with E-state index in [-0.39, 0.29) is 0 Å². The van der Waals surface area contributed by atoms with Crippen LogP contribution in [0.5, 0.6) is 0 Å². The Kier molecular flexibility index (Phi) is 4.13. The standard InChI is InChI=1S/C2H2Cl2F3P/c3-8(4)2(7)1(5)6/h1-2H. The highest BCUT2D eigenvalue weighted by atomic mass is 35.9. The van der Waals surface area contributed by atoms with Crippen LogP contribution in [-0.4, -0.2) is 12.3 Å². The number of alkyl halides is 3. The summed E-state index contributed by atoms with van der Waals surface area (Å²) in [4.78, 5) is 0. The molecule has 0 aromatic heterocycles. The maximum atomic E-state index is 11.7. The smallest absolute Gasteiger partial charge is 0.233 e. The first kappa shape index (κ1) is 8.80. The van der Waals surface area contributed by atoms with E-state index in [2.05, 4.69) is 0 Å². The Labute approximate surface area is 55.3 Å². The topological polar surface area (TPSA) is 0 Å². The number of halogens is 5. The van der Waals surface area contributed by atoms with Crippen molar-refractivity contribution in [3.8, 4) is 0 Å². The fourth-order valence-corrected chi connectivity index (χ4v) is 0.767. The average molecular weight is 185 g/mol. The maximum Gasteiger partial charge on any atom is 0.275 e. The lowest BCUT2D eigenvalue weighted by Crippen LogP contribution is -2.04. The maximum absolute atomic E-state index is 11.7. The molecule has 0 saturated heterocycles. The molecule has 0 aliphatic carbocycles. The van der Waals surface area contributed by atoms with E-state index in [9.17, 15) is 13.2 Å². The molecular formula is C2H2Cl2F3P. The molecule has 6 heteroatoms. The Morgan fingerprint density at radius 2 is 1.50 bits per heavy atom. The number of hydrogen-bond donors (Lipinski definition) is 0. The van der Waals surface area contributed by atoms with Gasteiger partial charge in [-0.1, -0.05) is 22.5 Å². The second-order valence-electron chi connectivity index (χ2n) is 0.966. The zero-order valence-corrected chi connectivity index (χ0v) is 5.90. The SMILES string of the molecule is FC(F)C(F)P(Cl)Cl. The molecule has 0 spiro atoms. The minimum atomic E-state index is -3.06. The van der Waals surface area contributed by atoms with Crippen molar-refractivity contribution in [2.45, 2.75) is 12.3 Å². The van der Waals surface area contributed by atoms with Crippen LogP contribution in [0.4, 0.5) is 13.2 Å². The van der Waals surface area contributed by atoms with Crippen LogP contribution in [0, 0.1) is 0 Å². The summed E-state index contributed by atoms with van der Waals surface area (Å²) < 4.78 is 34.0. The van der Waals surface area contributed by atoms with Crippen molar-refractivity contribution >= 4 is 29.1 Å². The number of hydrogen-bond acceptors (Lipinski definition) is 0. The zero-order chi connectivity index (χ0) is 6.73. The Balaban J connectivity index is 3.46. The molecular weight excluding hydrogens is 183 g/mol. The van der Waals surface area contributed by atoms with Gasteiger partial charge in [0.25, 0.3) is 6.43 Å². The summed E-state index contributed by atoms with van der Waals surface area (Å²) in [5.41, 5.74) is 0. The first-order chi connectivity index (χ1) is 3.55. The van der Waals surface area contributed by atoms with Crippen LogP contribution < -0.4 is 0 Å². The van der Waals surface area contributed by atoms with Crippen LogP contribution in [-0.2, 0) is 0 Å². The summed E-state index contributed by atoms with van der Waals surface area (Å²) in [5.74, 6) is -2.37. The first-order valence-electron chi connectivity index (χ1n) is 1.58. The van der Waals surface area contributed by atoms with Crippen LogP contribution in [0.1, 0.15) is 0 Å². The van der Waals surface area contributed by atoms with Crippen LogP contribution >= 0.6 is 29.1 Å². The van der Waals surface area contributed by atoms with Gasteiger partial charge < -0.3 is 0 Å². The highest BCUT2D eigenvalue weighted by molar-refractivity contribution is 8.04. The van der Waals surface area contributed by atoms with Crippen molar-refractivity contribution in [1.82, 2.24) is 0 Å². The van der Waals surface area contributed by atoms with E-state index in [1.54, 1.807) is 0 Å². The average Bonchev–Trinajstić information content (AvgIpc) is 1.64. The minimum Gasteiger partial charge on any atom is -0.233 e. The first-order valence-corrected chi connectivity index (χ1v) is 4.81. The third-order valence-electron chi connectivity index (χ3n) is 0.394. The van der Waals surface area contributed by atoms with Crippen LogP contribution in [0.25, 0.3) is 0 Å². The van der Waals surface area contributed by atoms with Gasteiger partial charge in [-0.2, -0.15) is 0 Å². The van der Waals surface area contributed by atoms with Crippen molar-refractivity contribution in [3.05, 3.63) is 0 Å². The van der Waals surface area contributed by atoms with Crippen LogP contribution in [0.15, 0.2) is 0 Å². The van der Waals surface area contributed by atoms with E-state index in [1.807, 2.05) is 0 Å². The minimum absolute atomic E-state index is 2.17. The van der Waals surface area contributed by atoms with Gasteiger partial charge in [-0.25, -0.2) is 13.2 Å². The van der Waals surface area contributed by atoms with Gasteiger partial charge in [0.2, 0.25) is 5.91 Å². The Morgan fingerprint density at radius 3 is 1.50 bits per heavy atom. The normalized spacial score (nSPS) is 15.4. The predicted molar refractivity (Wildman–Crippen MR) is 29.5 cm³/mol. The Morgan fingerprint density at radius 1 is 1.12 bits per heavy atom. The molecule has 0 fully saturated rings. The second kappa shape index (κ2) is 3.76. The van der Waals surface area contributed by atoms with Gasteiger partial charge in [-0.05, 0) is 0 Å². The molecule has 50 valence electrons. The van der Waals surface area contributed by atoms with Gasteiger partial charge in [-0.15, -0.1) is 0 Å². The second-order valence-corrected chi connectivity index (χ2v) is 4.68. The predicted octanol–water partition coefficient (Wildman–Crippen LogP) is 3.34. The molecule has 1 atom stereocenters. The van der Waals surface area contributed by atoms with Crippen molar-refractivity contribution in [2.24, 2.45) is 0 Å². The largest absolute Gasteiger partial charge is 0.275 e. The molecule has 0 nitrogen and oxygen atoms in total. The van der Waals surface area contributed by atoms with Crippen LogP contribution in [0.2, 0.25) is 0 Å². The van der Waals surface area contributed by atoms with Crippen molar-refractivity contribution in [1.29, 1.82) is 0 Å². The molecule has 8 heavy (non-hydrogen) atoms. The van der Waals surface area contributed by atoms with E-state index >= 15 is 0 Å². The lowest BCUT2D eigenvalue weighted by atomic mass is 10.8. The zero-order valence-electron chi connectivity index (χ0n) is 3.49. The summed E-state index contributed by atoms with van der Waals surface area (Å²) in [7, 11) is 0. The van der Waals surface area contributed by atoms with E-state index < -0.39 is 19.0 Å². The van der Waals surface area contributed by atoms with E-state index in [0.717, 1.165) is 0 Å². The monoisotopic (exact) mass is 184 g/mol. The summed E-state index contributed by atoms with van der Waals surface area (Å²) in [6.45, 7) is -2.17. The Bertz CT molecular complexity index is 60.3. The lowest BCUT2D eigenvalue weighted by Gasteiger charge is -2.04. The van der Waals surface area contributed by atoms with Gasteiger partial charge >= 0.3 is 0 Å². The van der Waals surface area contributed by atoms with E-state index in [4.69, 9.17) is 22.5 Å².